The van der Waals surface area contributed by atoms with Crippen molar-refractivity contribution in [3.05, 3.63) is 11.6 Å². The molecule has 7 heteroatoms. The molecule has 0 spiro atoms. The summed E-state index contributed by atoms with van der Waals surface area (Å²) < 4.78 is 11.8. The predicted molar refractivity (Wildman–Crippen MR) is 153 cm³/mol. The van der Waals surface area contributed by atoms with E-state index in [1.807, 2.05) is 0 Å². The summed E-state index contributed by atoms with van der Waals surface area (Å²) in [5.41, 5.74) is 1.59. The van der Waals surface area contributed by atoms with Gasteiger partial charge in [0.25, 0.3) is 0 Å². The molecule has 5 rings (SSSR count). The minimum Gasteiger partial charge on any atom is -0.394 e. The highest BCUT2D eigenvalue weighted by molar-refractivity contribution is 5.28. The molecule has 4 unspecified atom stereocenters. The van der Waals surface area contributed by atoms with Gasteiger partial charge >= 0.3 is 0 Å². The van der Waals surface area contributed by atoms with Gasteiger partial charge < -0.3 is 35.0 Å². The van der Waals surface area contributed by atoms with E-state index >= 15 is 0 Å². The number of fused-ring (bicyclic) bond motifs is 5. The van der Waals surface area contributed by atoms with Crippen LogP contribution in [0, 0.1) is 46.3 Å². The number of ether oxygens (including phenoxy) is 2. The van der Waals surface area contributed by atoms with Gasteiger partial charge in [-0.3, -0.25) is 0 Å². The molecule has 1 heterocycles. The summed E-state index contributed by atoms with van der Waals surface area (Å²) in [6.45, 7) is 11.6. The molecule has 4 aliphatic carbocycles. The van der Waals surface area contributed by atoms with Crippen molar-refractivity contribution in [1.82, 2.24) is 0 Å². The van der Waals surface area contributed by atoms with E-state index in [0.29, 0.717) is 29.6 Å². The van der Waals surface area contributed by atoms with Crippen LogP contribution in [-0.4, -0.2) is 75.1 Å². The number of rotatable bonds is 8. The second kappa shape index (κ2) is 11.9. The number of aliphatic hydroxyl groups excluding tert-OH is 5. The zero-order chi connectivity index (χ0) is 29.0. The SMILES string of the molecule is CC(C)CCC[C@@H](C)[C@H]1CCC2C3C(CC[C@@]21C)[C@@]1(C)CCC(O[C@H]2O[C@H](CO)[C@H](O)[C@H](O)[C@@H]2O)CC1=C[C@H]3O. The lowest BCUT2D eigenvalue weighted by molar-refractivity contribution is -0.313. The average Bonchev–Trinajstić information content (AvgIpc) is 3.26. The fraction of sp³-hybridized carbons (Fsp3) is 0.939. The number of hydrogen-bond donors (Lipinski definition) is 5. The van der Waals surface area contributed by atoms with Crippen LogP contribution in [0.15, 0.2) is 11.6 Å². The van der Waals surface area contributed by atoms with Crippen molar-refractivity contribution in [3.8, 4) is 0 Å². The van der Waals surface area contributed by atoms with Crippen LogP contribution < -0.4 is 0 Å². The van der Waals surface area contributed by atoms with Crippen LogP contribution in [0.5, 0.6) is 0 Å². The maximum absolute atomic E-state index is 11.7. The lowest BCUT2D eigenvalue weighted by Crippen LogP contribution is -2.60. The molecule has 0 aromatic rings. The van der Waals surface area contributed by atoms with Gasteiger partial charge in [-0.2, -0.15) is 0 Å². The summed E-state index contributed by atoms with van der Waals surface area (Å²) in [6, 6.07) is 0. The Bertz CT molecular complexity index is 905. The van der Waals surface area contributed by atoms with Crippen LogP contribution in [0.1, 0.15) is 98.8 Å². The van der Waals surface area contributed by atoms with Crippen molar-refractivity contribution in [2.45, 2.75) is 142 Å². The molecule has 0 radical (unpaired) electrons. The van der Waals surface area contributed by atoms with E-state index in [-0.39, 0.29) is 11.5 Å². The van der Waals surface area contributed by atoms with Gasteiger partial charge in [-0.25, -0.2) is 0 Å². The lowest BCUT2D eigenvalue weighted by atomic mass is 9.46. The second-order valence-electron chi connectivity index (χ2n) is 15.1. The summed E-state index contributed by atoms with van der Waals surface area (Å²) >= 11 is 0. The van der Waals surface area contributed by atoms with Gasteiger partial charge in [-0.05, 0) is 91.3 Å². The summed E-state index contributed by atoms with van der Waals surface area (Å²) in [5.74, 6) is 3.59. The Labute approximate surface area is 241 Å². The van der Waals surface area contributed by atoms with Crippen LogP contribution in [0.25, 0.3) is 0 Å². The Morgan fingerprint density at radius 1 is 0.925 bits per heavy atom. The van der Waals surface area contributed by atoms with E-state index in [1.54, 1.807) is 0 Å². The van der Waals surface area contributed by atoms with Gasteiger partial charge in [-0.15, -0.1) is 0 Å². The molecule has 7 nitrogen and oxygen atoms in total. The Hall–Kier alpha value is -0.540. The monoisotopic (exact) mass is 564 g/mol. The van der Waals surface area contributed by atoms with E-state index in [1.165, 1.54) is 44.1 Å². The number of aliphatic hydroxyl groups is 5. The third kappa shape index (κ3) is 5.35. The van der Waals surface area contributed by atoms with Gasteiger partial charge in [0.15, 0.2) is 6.29 Å². The molecule has 3 saturated carbocycles. The summed E-state index contributed by atoms with van der Waals surface area (Å²) in [5, 5.41) is 52.0. The summed E-state index contributed by atoms with van der Waals surface area (Å²) in [7, 11) is 0. The quantitative estimate of drug-likeness (QED) is 0.281. The van der Waals surface area contributed by atoms with Crippen LogP contribution in [0.4, 0.5) is 0 Å². The molecular formula is C33H56O7. The molecule has 0 aromatic carbocycles. The Morgan fingerprint density at radius 2 is 1.68 bits per heavy atom. The average molecular weight is 565 g/mol. The van der Waals surface area contributed by atoms with Crippen molar-refractivity contribution in [1.29, 1.82) is 0 Å². The van der Waals surface area contributed by atoms with E-state index < -0.39 is 43.4 Å². The fourth-order valence-electron chi connectivity index (χ4n) is 10.1. The van der Waals surface area contributed by atoms with E-state index in [9.17, 15) is 25.5 Å². The first-order valence-electron chi connectivity index (χ1n) is 16.3. The van der Waals surface area contributed by atoms with Crippen LogP contribution in [0.2, 0.25) is 0 Å². The minimum absolute atomic E-state index is 0.0292. The molecule has 5 N–H and O–H groups in total. The largest absolute Gasteiger partial charge is 0.394 e. The predicted octanol–water partition coefficient (Wildman–Crippen LogP) is 4.18. The molecular weight excluding hydrogens is 508 g/mol. The fourth-order valence-corrected chi connectivity index (χ4v) is 10.1. The van der Waals surface area contributed by atoms with Crippen LogP contribution >= 0.6 is 0 Å². The van der Waals surface area contributed by atoms with E-state index in [4.69, 9.17) is 9.47 Å². The highest BCUT2D eigenvalue weighted by Crippen LogP contribution is 2.67. The topological polar surface area (TPSA) is 120 Å². The molecule has 0 bridgehead atoms. The molecule has 0 aromatic heterocycles. The smallest absolute Gasteiger partial charge is 0.186 e. The van der Waals surface area contributed by atoms with E-state index in [0.717, 1.165) is 37.0 Å². The Kier molecular flexibility index (Phi) is 9.16. The molecule has 1 saturated heterocycles. The Morgan fingerprint density at radius 3 is 2.38 bits per heavy atom. The van der Waals surface area contributed by atoms with Crippen molar-refractivity contribution in [3.63, 3.8) is 0 Å². The number of hydrogen-bond acceptors (Lipinski definition) is 7. The molecule has 1 aliphatic heterocycles. The van der Waals surface area contributed by atoms with E-state index in [2.05, 4.69) is 40.7 Å². The second-order valence-corrected chi connectivity index (χ2v) is 15.1. The summed E-state index contributed by atoms with van der Waals surface area (Å²) in [6.07, 6.45) is 6.47. The zero-order valence-corrected chi connectivity index (χ0v) is 25.4. The van der Waals surface area contributed by atoms with Crippen molar-refractivity contribution < 1.29 is 35.0 Å². The van der Waals surface area contributed by atoms with Gasteiger partial charge in [0.2, 0.25) is 0 Å². The molecule has 0 amide bonds. The molecule has 14 atom stereocenters. The first kappa shape index (κ1) is 30.9. The van der Waals surface area contributed by atoms with Crippen molar-refractivity contribution in [2.75, 3.05) is 6.61 Å². The molecule has 4 fully saturated rings. The highest BCUT2D eigenvalue weighted by atomic mass is 16.7. The highest BCUT2D eigenvalue weighted by Gasteiger charge is 2.61. The summed E-state index contributed by atoms with van der Waals surface area (Å²) in [4.78, 5) is 0. The van der Waals surface area contributed by atoms with Crippen LogP contribution in [-0.2, 0) is 9.47 Å². The van der Waals surface area contributed by atoms with Crippen LogP contribution in [0.3, 0.4) is 0 Å². The first-order chi connectivity index (χ1) is 18.9. The lowest BCUT2D eigenvalue weighted by Gasteiger charge is -2.59. The normalized spacial score (nSPS) is 49.7. The van der Waals surface area contributed by atoms with Gasteiger partial charge in [0, 0.05) is 0 Å². The molecule has 5 aliphatic rings. The third-order valence-electron chi connectivity index (χ3n) is 12.5. The third-order valence-corrected chi connectivity index (χ3v) is 12.5. The van der Waals surface area contributed by atoms with Gasteiger partial charge in [0.05, 0.1) is 18.8 Å². The maximum Gasteiger partial charge on any atom is 0.186 e. The maximum atomic E-state index is 11.7. The van der Waals surface area contributed by atoms with Crippen molar-refractivity contribution >= 4 is 0 Å². The van der Waals surface area contributed by atoms with Crippen molar-refractivity contribution in [2.24, 2.45) is 46.3 Å². The zero-order valence-electron chi connectivity index (χ0n) is 25.4. The minimum atomic E-state index is -1.44. The first-order valence-corrected chi connectivity index (χ1v) is 16.3. The standard InChI is InChI=1S/C33H56O7/c1-18(2)7-6-8-19(3)22-9-10-23-27-24(12-14-33(22,23)5)32(4)13-11-21(15-20(32)16-25(27)35)39-31-30(38)29(37)28(36)26(17-34)40-31/h16,18-19,21-31,34-38H,6-15,17H2,1-5H3/t19-,21?,22-,23?,24?,25-,26-,27?,28+,29+,30+,31+,32+,33-/m1/s1. The van der Waals surface area contributed by atoms with Gasteiger partial charge in [-0.1, -0.05) is 65.5 Å². The molecule has 230 valence electrons. The Balaban J connectivity index is 1.28. The molecule has 40 heavy (non-hydrogen) atoms. The van der Waals surface area contributed by atoms with Gasteiger partial charge in [0.1, 0.15) is 24.4 Å².